The van der Waals surface area contributed by atoms with Gasteiger partial charge in [0.05, 0.1) is 22.6 Å². The van der Waals surface area contributed by atoms with Crippen molar-refractivity contribution in [1.29, 1.82) is 0 Å². The number of amides is 1. The number of nitrogens with one attached hydrogen (secondary N) is 1. The van der Waals surface area contributed by atoms with Gasteiger partial charge in [0.1, 0.15) is 5.75 Å². The molecule has 4 rings (SSSR count). The van der Waals surface area contributed by atoms with Crippen LogP contribution in [0.1, 0.15) is 30.4 Å². The number of phenols is 1. The molecule has 32 heavy (non-hydrogen) atoms. The minimum Gasteiger partial charge on any atom is -0.508 e. The fraction of sp³-hybridized carbons (Fsp3) is 0.480. The van der Waals surface area contributed by atoms with Gasteiger partial charge in [0.15, 0.2) is 0 Å². The second-order valence-electron chi connectivity index (χ2n) is 9.23. The Bertz CT molecular complexity index is 985. The first-order chi connectivity index (χ1) is 15.3. The zero-order valence-corrected chi connectivity index (χ0v) is 20.0. The second-order valence-corrected chi connectivity index (χ2v) is 10.0. The third-order valence-electron chi connectivity index (χ3n) is 7.17. The van der Waals surface area contributed by atoms with Gasteiger partial charge in [-0.3, -0.25) is 4.79 Å². The van der Waals surface area contributed by atoms with Crippen molar-refractivity contribution in [3.63, 3.8) is 0 Å². The molecule has 1 saturated heterocycles. The molecule has 1 amide bonds. The Morgan fingerprint density at radius 1 is 1.25 bits per heavy atom. The van der Waals surface area contributed by atoms with E-state index in [1.807, 2.05) is 18.2 Å². The number of fused-ring (bicyclic) bond motifs is 1. The van der Waals surface area contributed by atoms with Gasteiger partial charge in [-0.15, -0.1) is 0 Å². The van der Waals surface area contributed by atoms with Gasteiger partial charge in [0.25, 0.3) is 0 Å². The molecule has 5 nitrogen and oxygen atoms in total. The van der Waals surface area contributed by atoms with Crippen LogP contribution in [0.2, 0.25) is 10.0 Å². The van der Waals surface area contributed by atoms with Crippen molar-refractivity contribution in [3.8, 4) is 5.75 Å². The van der Waals surface area contributed by atoms with Crippen LogP contribution < -0.4 is 5.32 Å². The van der Waals surface area contributed by atoms with E-state index in [1.54, 1.807) is 25.3 Å². The first-order valence-corrected chi connectivity index (χ1v) is 11.8. The number of benzene rings is 2. The summed E-state index contributed by atoms with van der Waals surface area (Å²) < 4.78 is 5.97. The molecule has 1 aliphatic heterocycles. The van der Waals surface area contributed by atoms with E-state index in [1.165, 1.54) is 0 Å². The van der Waals surface area contributed by atoms with Crippen molar-refractivity contribution in [2.45, 2.75) is 43.2 Å². The van der Waals surface area contributed by atoms with Gasteiger partial charge in [-0.2, -0.15) is 0 Å². The molecule has 0 spiro atoms. The SMILES string of the molecule is COC1C[C@H](NC(=O)Cc2ccc(Cl)c(Cl)c2)CC2(c3cccc(O)c3)CCN(C)CC12. The molecule has 2 aliphatic rings. The van der Waals surface area contributed by atoms with Crippen LogP contribution in [-0.4, -0.2) is 55.3 Å². The largest absolute Gasteiger partial charge is 0.508 e. The quantitative estimate of drug-likeness (QED) is 0.669. The van der Waals surface area contributed by atoms with Crippen LogP contribution in [-0.2, 0) is 21.4 Å². The van der Waals surface area contributed by atoms with Crippen molar-refractivity contribution < 1.29 is 14.6 Å². The molecule has 1 aliphatic carbocycles. The van der Waals surface area contributed by atoms with Gasteiger partial charge in [-0.05, 0) is 68.2 Å². The molecule has 7 heteroatoms. The van der Waals surface area contributed by atoms with E-state index in [-0.39, 0.29) is 41.6 Å². The molecular weight excluding hydrogens is 447 g/mol. The average molecular weight is 477 g/mol. The minimum absolute atomic E-state index is 0.0165. The second kappa shape index (κ2) is 9.60. The van der Waals surface area contributed by atoms with E-state index in [2.05, 4.69) is 23.3 Å². The van der Waals surface area contributed by atoms with E-state index < -0.39 is 0 Å². The van der Waals surface area contributed by atoms with Crippen molar-refractivity contribution in [2.75, 3.05) is 27.2 Å². The highest BCUT2D eigenvalue weighted by atomic mass is 35.5. The van der Waals surface area contributed by atoms with Crippen LogP contribution in [0.3, 0.4) is 0 Å². The lowest BCUT2D eigenvalue weighted by Crippen LogP contribution is -2.60. The van der Waals surface area contributed by atoms with Crippen molar-refractivity contribution in [3.05, 3.63) is 63.6 Å². The number of hydrogen-bond acceptors (Lipinski definition) is 4. The topological polar surface area (TPSA) is 61.8 Å². The predicted molar refractivity (Wildman–Crippen MR) is 128 cm³/mol. The molecule has 0 aromatic heterocycles. The van der Waals surface area contributed by atoms with Crippen LogP contribution in [0, 0.1) is 5.92 Å². The number of methoxy groups -OCH3 is 1. The fourth-order valence-corrected chi connectivity index (χ4v) is 5.97. The molecule has 2 fully saturated rings. The number of carbonyl (C=O) groups is 1. The Hall–Kier alpha value is -1.79. The maximum atomic E-state index is 12.9. The minimum atomic E-state index is -0.161. The number of hydrogen-bond donors (Lipinski definition) is 2. The van der Waals surface area contributed by atoms with Gasteiger partial charge in [-0.1, -0.05) is 41.4 Å². The Kier molecular flexibility index (Phi) is 7.01. The van der Waals surface area contributed by atoms with Crippen LogP contribution in [0.4, 0.5) is 0 Å². The zero-order chi connectivity index (χ0) is 22.9. The molecule has 172 valence electrons. The molecule has 1 saturated carbocycles. The summed E-state index contributed by atoms with van der Waals surface area (Å²) in [5.41, 5.74) is 1.79. The molecule has 2 N–H and O–H groups in total. The van der Waals surface area contributed by atoms with Crippen molar-refractivity contribution in [1.82, 2.24) is 10.2 Å². The highest BCUT2D eigenvalue weighted by molar-refractivity contribution is 6.42. The van der Waals surface area contributed by atoms with Gasteiger partial charge in [0, 0.05) is 31.0 Å². The molecule has 2 aromatic carbocycles. The number of nitrogens with zero attached hydrogens (tertiary/aromatic N) is 1. The lowest BCUT2D eigenvalue weighted by atomic mass is 9.57. The number of halogens is 2. The number of phenolic OH excluding ortho intramolecular Hbond substituents is 1. The standard InChI is InChI=1S/C25H30Cl2N2O3/c1-29-9-8-25(17-4-3-5-19(30)12-17)14-18(13-23(32-2)20(25)15-29)28-24(31)11-16-6-7-21(26)22(27)10-16/h3-7,10,12,18,20,23,30H,8-9,11,13-15H2,1-2H3,(H,28,31)/t18-,20?,23?,25?/m0/s1. The molecule has 0 radical (unpaired) electrons. The first kappa shape index (κ1) is 23.4. The Labute approximate surface area is 199 Å². The van der Waals surface area contributed by atoms with Gasteiger partial charge in [0.2, 0.25) is 5.91 Å². The van der Waals surface area contributed by atoms with E-state index in [9.17, 15) is 9.90 Å². The smallest absolute Gasteiger partial charge is 0.224 e. The lowest BCUT2D eigenvalue weighted by Gasteiger charge is -2.55. The normalized spacial score (nSPS) is 28.2. The molecule has 3 unspecified atom stereocenters. The van der Waals surface area contributed by atoms with Crippen LogP contribution in [0.5, 0.6) is 5.75 Å². The number of rotatable bonds is 5. The van der Waals surface area contributed by atoms with Crippen molar-refractivity contribution in [2.24, 2.45) is 5.92 Å². The van der Waals surface area contributed by atoms with Crippen molar-refractivity contribution >= 4 is 29.1 Å². The van der Waals surface area contributed by atoms with Crippen LogP contribution in [0.25, 0.3) is 0 Å². The molecular formula is C25H30Cl2N2O3. The lowest BCUT2D eigenvalue weighted by molar-refractivity contribution is -0.123. The third-order valence-corrected chi connectivity index (χ3v) is 7.91. The van der Waals surface area contributed by atoms with Crippen LogP contribution >= 0.6 is 23.2 Å². The highest BCUT2D eigenvalue weighted by Gasteiger charge is 2.52. The number of aromatic hydroxyl groups is 1. The summed E-state index contributed by atoms with van der Waals surface area (Å²) in [6.45, 7) is 1.89. The highest BCUT2D eigenvalue weighted by Crippen LogP contribution is 2.50. The summed E-state index contributed by atoms with van der Waals surface area (Å²) in [5, 5.41) is 14.4. The van der Waals surface area contributed by atoms with Crippen LogP contribution in [0.15, 0.2) is 42.5 Å². The zero-order valence-electron chi connectivity index (χ0n) is 18.5. The Balaban J connectivity index is 1.57. The van der Waals surface area contributed by atoms with Gasteiger partial charge in [-0.25, -0.2) is 0 Å². The number of carbonyl (C=O) groups excluding carboxylic acids is 1. The number of likely N-dealkylation sites (tertiary alicyclic amines) is 1. The Morgan fingerprint density at radius 2 is 2.06 bits per heavy atom. The number of piperidine rings is 1. The molecule has 1 heterocycles. The van der Waals surface area contributed by atoms with Gasteiger partial charge < -0.3 is 20.1 Å². The average Bonchev–Trinajstić information content (AvgIpc) is 2.76. The van der Waals surface area contributed by atoms with Gasteiger partial charge >= 0.3 is 0 Å². The number of ether oxygens (including phenoxy) is 1. The summed E-state index contributed by atoms with van der Waals surface area (Å²) in [5.74, 6) is 0.520. The van der Waals surface area contributed by atoms with E-state index >= 15 is 0 Å². The monoisotopic (exact) mass is 476 g/mol. The molecule has 0 bridgehead atoms. The molecule has 2 aromatic rings. The summed E-state index contributed by atoms with van der Waals surface area (Å²) in [4.78, 5) is 15.3. The Morgan fingerprint density at radius 3 is 2.78 bits per heavy atom. The maximum absolute atomic E-state index is 12.9. The maximum Gasteiger partial charge on any atom is 0.224 e. The summed E-state index contributed by atoms with van der Waals surface area (Å²) in [6.07, 6.45) is 2.81. The summed E-state index contributed by atoms with van der Waals surface area (Å²) in [7, 11) is 3.90. The molecule has 4 atom stereocenters. The first-order valence-electron chi connectivity index (χ1n) is 11.0. The third kappa shape index (κ3) is 4.76. The predicted octanol–water partition coefficient (Wildman–Crippen LogP) is 4.42. The van der Waals surface area contributed by atoms with E-state index in [0.717, 1.165) is 43.5 Å². The van der Waals surface area contributed by atoms with E-state index in [4.69, 9.17) is 27.9 Å². The fourth-order valence-electron chi connectivity index (χ4n) is 5.65. The summed E-state index contributed by atoms with van der Waals surface area (Å²) in [6, 6.07) is 12.9. The summed E-state index contributed by atoms with van der Waals surface area (Å²) >= 11 is 12.1. The van der Waals surface area contributed by atoms with E-state index in [0.29, 0.717) is 10.0 Å².